The minimum Gasteiger partial charge on any atom is -0.347 e. The number of hydrogen-bond acceptors (Lipinski definition) is 4. The van der Waals surface area contributed by atoms with E-state index in [9.17, 15) is 9.59 Å². The first-order valence-corrected chi connectivity index (χ1v) is 9.02. The third-order valence-corrected chi connectivity index (χ3v) is 4.62. The van der Waals surface area contributed by atoms with Crippen molar-refractivity contribution in [1.82, 2.24) is 25.2 Å². The molecule has 0 saturated carbocycles. The van der Waals surface area contributed by atoms with Crippen LogP contribution in [-0.2, 0) is 11.3 Å². The lowest BCUT2D eigenvalue weighted by atomic mass is 9.98. The number of rotatable bonds is 7. The SMILES string of the molecule is CC[C@H](C)[C@H](NC(=O)c1ccccc1)C(=O)NCc1nnc2ccccn12. The minimum atomic E-state index is -0.623. The predicted molar refractivity (Wildman–Crippen MR) is 102 cm³/mol. The predicted octanol–water partition coefficient (Wildman–Crippen LogP) is 2.19. The molecule has 0 aliphatic carbocycles. The van der Waals surface area contributed by atoms with Crippen molar-refractivity contribution >= 4 is 17.5 Å². The topological polar surface area (TPSA) is 88.4 Å². The van der Waals surface area contributed by atoms with Gasteiger partial charge in [-0.05, 0) is 30.2 Å². The second-order valence-corrected chi connectivity index (χ2v) is 6.47. The number of fused-ring (bicyclic) bond motifs is 1. The van der Waals surface area contributed by atoms with Gasteiger partial charge in [0.25, 0.3) is 5.91 Å². The number of nitrogens with zero attached hydrogens (tertiary/aromatic N) is 3. The van der Waals surface area contributed by atoms with Crippen molar-refractivity contribution in [2.75, 3.05) is 0 Å². The molecule has 0 aliphatic heterocycles. The van der Waals surface area contributed by atoms with Gasteiger partial charge < -0.3 is 10.6 Å². The van der Waals surface area contributed by atoms with E-state index in [1.54, 1.807) is 24.3 Å². The van der Waals surface area contributed by atoms with E-state index in [0.717, 1.165) is 12.1 Å². The van der Waals surface area contributed by atoms with Gasteiger partial charge in [0, 0.05) is 11.8 Å². The molecular weight excluding hydrogens is 342 g/mol. The van der Waals surface area contributed by atoms with Gasteiger partial charge in [-0.3, -0.25) is 14.0 Å². The monoisotopic (exact) mass is 365 g/mol. The summed E-state index contributed by atoms with van der Waals surface area (Å²) in [4.78, 5) is 25.2. The van der Waals surface area contributed by atoms with Crippen LogP contribution in [0.4, 0.5) is 0 Å². The van der Waals surface area contributed by atoms with E-state index in [1.165, 1.54) is 0 Å². The minimum absolute atomic E-state index is 0.00666. The van der Waals surface area contributed by atoms with Gasteiger partial charge >= 0.3 is 0 Å². The zero-order valence-electron chi connectivity index (χ0n) is 15.4. The van der Waals surface area contributed by atoms with Crippen molar-refractivity contribution in [1.29, 1.82) is 0 Å². The average Bonchev–Trinajstić information content (AvgIpc) is 3.13. The Kier molecular flexibility index (Phi) is 5.80. The maximum atomic E-state index is 12.8. The van der Waals surface area contributed by atoms with Gasteiger partial charge in [-0.1, -0.05) is 44.5 Å². The van der Waals surface area contributed by atoms with Crippen LogP contribution in [0.25, 0.3) is 5.65 Å². The van der Waals surface area contributed by atoms with Crippen LogP contribution >= 0.6 is 0 Å². The van der Waals surface area contributed by atoms with Crippen LogP contribution < -0.4 is 10.6 Å². The highest BCUT2D eigenvalue weighted by molar-refractivity contribution is 5.97. The fourth-order valence-electron chi connectivity index (χ4n) is 2.80. The van der Waals surface area contributed by atoms with Gasteiger partial charge in [-0.2, -0.15) is 0 Å². The lowest BCUT2D eigenvalue weighted by Crippen LogP contribution is -2.50. The molecular formula is C20H23N5O2. The first-order chi connectivity index (χ1) is 13.1. The molecule has 2 aromatic heterocycles. The maximum absolute atomic E-state index is 12.8. The Balaban J connectivity index is 1.69. The first-order valence-electron chi connectivity index (χ1n) is 9.02. The molecule has 1 aromatic carbocycles. The third-order valence-electron chi connectivity index (χ3n) is 4.62. The summed E-state index contributed by atoms with van der Waals surface area (Å²) in [7, 11) is 0. The highest BCUT2D eigenvalue weighted by atomic mass is 16.2. The van der Waals surface area contributed by atoms with Crippen LogP contribution in [0.1, 0.15) is 36.5 Å². The van der Waals surface area contributed by atoms with Crippen molar-refractivity contribution in [2.24, 2.45) is 5.92 Å². The number of benzene rings is 1. The Bertz CT molecular complexity index is 922. The summed E-state index contributed by atoms with van der Waals surface area (Å²) in [6.07, 6.45) is 2.61. The van der Waals surface area contributed by atoms with E-state index in [-0.39, 0.29) is 24.3 Å². The molecule has 0 bridgehead atoms. The molecule has 0 radical (unpaired) electrons. The van der Waals surface area contributed by atoms with Gasteiger partial charge in [0.15, 0.2) is 11.5 Å². The number of amides is 2. The summed E-state index contributed by atoms with van der Waals surface area (Å²) in [5.41, 5.74) is 1.25. The van der Waals surface area contributed by atoms with E-state index < -0.39 is 6.04 Å². The van der Waals surface area contributed by atoms with Crippen LogP contribution in [0.2, 0.25) is 0 Å². The molecule has 2 N–H and O–H groups in total. The standard InChI is InChI=1S/C20H23N5O2/c1-3-14(2)18(22-19(26)15-9-5-4-6-10-15)20(27)21-13-17-24-23-16-11-7-8-12-25(16)17/h4-12,14,18H,3,13H2,1-2H3,(H,21,27)(H,22,26)/t14-,18-/m0/s1. The summed E-state index contributed by atoms with van der Waals surface area (Å²) in [6.45, 7) is 4.17. The van der Waals surface area contributed by atoms with E-state index in [4.69, 9.17) is 0 Å². The fraction of sp³-hybridized carbons (Fsp3) is 0.300. The molecule has 0 unspecified atom stereocenters. The largest absolute Gasteiger partial charge is 0.347 e. The normalized spacial score (nSPS) is 13.1. The quantitative estimate of drug-likeness (QED) is 0.672. The number of hydrogen-bond donors (Lipinski definition) is 2. The van der Waals surface area contributed by atoms with Crippen LogP contribution in [0, 0.1) is 5.92 Å². The second kappa shape index (κ2) is 8.44. The average molecular weight is 365 g/mol. The van der Waals surface area contributed by atoms with Crippen LogP contribution in [0.3, 0.4) is 0 Å². The van der Waals surface area contributed by atoms with Crippen molar-refractivity contribution in [3.63, 3.8) is 0 Å². The van der Waals surface area contributed by atoms with Crippen molar-refractivity contribution in [3.8, 4) is 0 Å². The third kappa shape index (κ3) is 4.31. The number of carbonyl (C=O) groups is 2. The number of aromatic nitrogens is 3. The Hall–Kier alpha value is -3.22. The van der Waals surface area contributed by atoms with Gasteiger partial charge in [-0.15, -0.1) is 10.2 Å². The zero-order chi connectivity index (χ0) is 19.2. The van der Waals surface area contributed by atoms with Gasteiger partial charge in [0.1, 0.15) is 6.04 Å². The van der Waals surface area contributed by atoms with Crippen molar-refractivity contribution in [2.45, 2.75) is 32.9 Å². The van der Waals surface area contributed by atoms with E-state index in [2.05, 4.69) is 20.8 Å². The molecule has 7 heteroatoms. The lowest BCUT2D eigenvalue weighted by molar-refractivity contribution is -0.124. The number of pyridine rings is 1. The molecule has 0 saturated heterocycles. The molecule has 7 nitrogen and oxygen atoms in total. The lowest BCUT2D eigenvalue weighted by Gasteiger charge is -2.23. The van der Waals surface area contributed by atoms with Crippen LogP contribution in [0.5, 0.6) is 0 Å². The Morgan fingerprint density at radius 1 is 1.07 bits per heavy atom. The van der Waals surface area contributed by atoms with Gasteiger partial charge in [0.2, 0.25) is 5.91 Å². The smallest absolute Gasteiger partial charge is 0.251 e. The summed E-state index contributed by atoms with van der Waals surface area (Å²) in [5.74, 6) is 0.134. The zero-order valence-corrected chi connectivity index (χ0v) is 15.4. The molecule has 27 heavy (non-hydrogen) atoms. The van der Waals surface area contributed by atoms with Crippen molar-refractivity contribution < 1.29 is 9.59 Å². The summed E-state index contributed by atoms with van der Waals surface area (Å²) >= 11 is 0. The highest BCUT2D eigenvalue weighted by Gasteiger charge is 2.26. The van der Waals surface area contributed by atoms with Gasteiger partial charge in [-0.25, -0.2) is 0 Å². The summed E-state index contributed by atoms with van der Waals surface area (Å²) < 4.78 is 1.82. The molecule has 3 rings (SSSR count). The number of carbonyl (C=O) groups excluding carboxylic acids is 2. The molecule has 0 fully saturated rings. The highest BCUT2D eigenvalue weighted by Crippen LogP contribution is 2.10. The van der Waals surface area contributed by atoms with Crippen LogP contribution in [0.15, 0.2) is 54.7 Å². The molecule has 140 valence electrons. The Morgan fingerprint density at radius 2 is 1.81 bits per heavy atom. The summed E-state index contributed by atoms with van der Waals surface area (Å²) in [6, 6.07) is 13.9. The summed E-state index contributed by atoms with van der Waals surface area (Å²) in [5, 5.41) is 13.9. The second-order valence-electron chi connectivity index (χ2n) is 6.47. The Morgan fingerprint density at radius 3 is 2.56 bits per heavy atom. The van der Waals surface area contributed by atoms with E-state index in [0.29, 0.717) is 11.4 Å². The van der Waals surface area contributed by atoms with E-state index in [1.807, 2.05) is 48.7 Å². The molecule has 2 heterocycles. The molecule has 2 amide bonds. The number of nitrogens with one attached hydrogen (secondary N) is 2. The first kappa shape index (κ1) is 18.6. The van der Waals surface area contributed by atoms with Crippen LogP contribution in [-0.4, -0.2) is 32.5 Å². The van der Waals surface area contributed by atoms with E-state index >= 15 is 0 Å². The molecule has 3 aromatic rings. The Labute approximate surface area is 157 Å². The van der Waals surface area contributed by atoms with Crippen molar-refractivity contribution in [3.05, 3.63) is 66.1 Å². The fourth-order valence-corrected chi connectivity index (χ4v) is 2.80. The molecule has 0 aliphatic rings. The molecule has 2 atom stereocenters. The maximum Gasteiger partial charge on any atom is 0.251 e. The molecule has 0 spiro atoms. The van der Waals surface area contributed by atoms with Gasteiger partial charge in [0.05, 0.1) is 6.54 Å².